The van der Waals surface area contributed by atoms with Crippen LogP contribution in [0, 0.1) is 5.92 Å². The van der Waals surface area contributed by atoms with Gasteiger partial charge in [-0.15, -0.1) is 0 Å². The minimum Gasteiger partial charge on any atom is -0.460 e. The molecule has 1 aliphatic heterocycles. The molecule has 3 unspecified atom stereocenters. The molecule has 0 radical (unpaired) electrons. The van der Waals surface area contributed by atoms with Crippen LogP contribution < -0.4 is 0 Å². The highest BCUT2D eigenvalue weighted by Crippen LogP contribution is 2.26. The fraction of sp³-hybridized carbons (Fsp3) is 0.857. The van der Waals surface area contributed by atoms with Crippen molar-refractivity contribution < 1.29 is 13.9 Å². The van der Waals surface area contributed by atoms with Gasteiger partial charge < -0.3 is 4.74 Å². The summed E-state index contributed by atoms with van der Waals surface area (Å²) >= 11 is 0. The van der Waals surface area contributed by atoms with Crippen molar-refractivity contribution in [2.45, 2.75) is 32.5 Å². The summed E-state index contributed by atoms with van der Waals surface area (Å²) in [5.74, 6) is -0.961. The summed E-state index contributed by atoms with van der Waals surface area (Å²) in [4.78, 5) is 10.6. The average molecular weight is 146 g/mol. The van der Waals surface area contributed by atoms with Crippen LogP contribution in [-0.4, -0.2) is 18.2 Å². The first-order valence-electron chi connectivity index (χ1n) is 3.51. The zero-order chi connectivity index (χ0) is 7.72. The Labute approximate surface area is 59.4 Å². The van der Waals surface area contributed by atoms with E-state index in [9.17, 15) is 9.18 Å². The van der Waals surface area contributed by atoms with Crippen molar-refractivity contribution in [3.8, 4) is 0 Å². The van der Waals surface area contributed by atoms with Crippen molar-refractivity contribution in [1.82, 2.24) is 0 Å². The highest BCUT2D eigenvalue weighted by molar-refractivity contribution is 5.77. The van der Waals surface area contributed by atoms with Gasteiger partial charge >= 0.3 is 5.97 Å². The van der Waals surface area contributed by atoms with Gasteiger partial charge in [0.15, 0.2) is 0 Å². The predicted octanol–water partition coefficient (Wildman–Crippen LogP) is 1.30. The molecule has 3 atom stereocenters. The minimum absolute atomic E-state index is 0.206. The summed E-state index contributed by atoms with van der Waals surface area (Å²) in [5, 5.41) is 0. The molecule has 0 amide bonds. The van der Waals surface area contributed by atoms with Gasteiger partial charge in [0, 0.05) is 5.92 Å². The summed E-state index contributed by atoms with van der Waals surface area (Å²) in [7, 11) is 0. The van der Waals surface area contributed by atoms with Crippen molar-refractivity contribution >= 4 is 5.97 Å². The van der Waals surface area contributed by atoms with Crippen molar-refractivity contribution in [2.75, 3.05) is 0 Å². The molecule has 1 heterocycles. The van der Waals surface area contributed by atoms with Crippen LogP contribution in [0.3, 0.4) is 0 Å². The van der Waals surface area contributed by atoms with Crippen molar-refractivity contribution in [1.29, 1.82) is 0 Å². The Hall–Kier alpha value is -0.600. The Morgan fingerprint density at radius 2 is 2.30 bits per heavy atom. The van der Waals surface area contributed by atoms with Crippen LogP contribution in [0.1, 0.15) is 20.3 Å². The van der Waals surface area contributed by atoms with E-state index < -0.39 is 12.1 Å². The van der Waals surface area contributed by atoms with Gasteiger partial charge in [0.1, 0.15) is 6.10 Å². The van der Waals surface area contributed by atoms with Crippen LogP contribution in [0.15, 0.2) is 0 Å². The fourth-order valence-electron chi connectivity index (χ4n) is 1.18. The molecule has 58 valence electrons. The van der Waals surface area contributed by atoms with E-state index in [0.717, 1.165) is 0 Å². The van der Waals surface area contributed by atoms with Crippen LogP contribution in [0.25, 0.3) is 0 Å². The standard InChI is InChI=1S/C7H11FO2/c1-3-5-4(2)6(8)7(9)10-5/h4-6H,3H2,1-2H3. The quantitative estimate of drug-likeness (QED) is 0.521. The maximum absolute atomic E-state index is 12.7. The largest absolute Gasteiger partial charge is 0.460 e. The fourth-order valence-corrected chi connectivity index (χ4v) is 1.18. The molecule has 1 fully saturated rings. The lowest BCUT2D eigenvalue weighted by atomic mass is 10.0. The van der Waals surface area contributed by atoms with E-state index in [2.05, 4.69) is 0 Å². The first kappa shape index (κ1) is 7.51. The van der Waals surface area contributed by atoms with E-state index in [-0.39, 0.29) is 12.0 Å². The normalized spacial score (nSPS) is 39.9. The molecule has 10 heavy (non-hydrogen) atoms. The molecule has 0 bridgehead atoms. The highest BCUT2D eigenvalue weighted by atomic mass is 19.1. The van der Waals surface area contributed by atoms with E-state index >= 15 is 0 Å². The van der Waals surface area contributed by atoms with Crippen molar-refractivity contribution in [2.24, 2.45) is 5.92 Å². The molecular formula is C7H11FO2. The molecular weight excluding hydrogens is 135 g/mol. The third kappa shape index (κ3) is 1.00. The molecule has 0 saturated carbocycles. The highest BCUT2D eigenvalue weighted by Gasteiger charge is 2.40. The Kier molecular flexibility index (Phi) is 1.92. The van der Waals surface area contributed by atoms with Gasteiger partial charge in [0.25, 0.3) is 0 Å². The zero-order valence-electron chi connectivity index (χ0n) is 6.13. The number of carbonyl (C=O) groups is 1. The Morgan fingerprint density at radius 3 is 2.50 bits per heavy atom. The first-order chi connectivity index (χ1) is 4.66. The smallest absolute Gasteiger partial charge is 0.341 e. The van der Waals surface area contributed by atoms with Crippen molar-refractivity contribution in [3.05, 3.63) is 0 Å². The van der Waals surface area contributed by atoms with Gasteiger partial charge in [-0.1, -0.05) is 13.8 Å². The van der Waals surface area contributed by atoms with E-state index in [1.54, 1.807) is 6.92 Å². The number of hydrogen-bond donors (Lipinski definition) is 0. The number of carbonyl (C=O) groups excluding carboxylic acids is 1. The molecule has 0 aromatic carbocycles. The summed E-state index contributed by atoms with van der Waals surface area (Å²) in [6.07, 6.45) is -0.903. The molecule has 1 saturated heterocycles. The van der Waals surface area contributed by atoms with Gasteiger partial charge in [0.2, 0.25) is 6.17 Å². The van der Waals surface area contributed by atoms with E-state index in [1.165, 1.54) is 0 Å². The van der Waals surface area contributed by atoms with E-state index in [4.69, 9.17) is 4.74 Å². The predicted molar refractivity (Wildman–Crippen MR) is 34.2 cm³/mol. The number of hydrogen-bond acceptors (Lipinski definition) is 2. The maximum Gasteiger partial charge on any atom is 0.341 e. The Bertz CT molecular complexity index is 147. The number of alkyl halides is 1. The lowest BCUT2D eigenvalue weighted by Crippen LogP contribution is -2.17. The number of cyclic esters (lactones) is 1. The average Bonchev–Trinajstić information content (AvgIpc) is 2.17. The molecule has 1 aliphatic rings. The molecule has 0 N–H and O–H groups in total. The van der Waals surface area contributed by atoms with E-state index in [1.807, 2.05) is 6.92 Å². The third-order valence-electron chi connectivity index (χ3n) is 1.94. The van der Waals surface area contributed by atoms with Crippen molar-refractivity contribution in [3.63, 3.8) is 0 Å². The minimum atomic E-state index is -1.40. The van der Waals surface area contributed by atoms with Gasteiger partial charge in [0.05, 0.1) is 0 Å². The lowest BCUT2D eigenvalue weighted by molar-refractivity contribution is -0.145. The molecule has 1 rings (SSSR count). The second-order valence-corrected chi connectivity index (χ2v) is 2.64. The number of halogens is 1. The van der Waals surface area contributed by atoms with Crippen LogP contribution in [0.5, 0.6) is 0 Å². The summed E-state index contributed by atoms with van der Waals surface area (Å²) in [6, 6.07) is 0. The second kappa shape index (κ2) is 2.56. The molecule has 3 heteroatoms. The molecule has 2 nitrogen and oxygen atoms in total. The van der Waals surface area contributed by atoms with Gasteiger partial charge in [-0.3, -0.25) is 0 Å². The molecule has 0 aromatic heterocycles. The molecule has 0 spiro atoms. The van der Waals surface area contributed by atoms with Crippen LogP contribution >= 0.6 is 0 Å². The lowest BCUT2D eigenvalue weighted by Gasteiger charge is -2.09. The van der Waals surface area contributed by atoms with Crippen LogP contribution in [0.4, 0.5) is 4.39 Å². The maximum atomic E-state index is 12.7. The third-order valence-corrected chi connectivity index (χ3v) is 1.94. The van der Waals surface area contributed by atoms with Gasteiger partial charge in [-0.2, -0.15) is 0 Å². The van der Waals surface area contributed by atoms with Gasteiger partial charge in [-0.05, 0) is 6.42 Å². The Morgan fingerprint density at radius 1 is 1.70 bits per heavy atom. The van der Waals surface area contributed by atoms with Crippen LogP contribution in [0.2, 0.25) is 0 Å². The number of esters is 1. The monoisotopic (exact) mass is 146 g/mol. The van der Waals surface area contributed by atoms with E-state index in [0.29, 0.717) is 6.42 Å². The van der Waals surface area contributed by atoms with Gasteiger partial charge in [-0.25, -0.2) is 9.18 Å². The zero-order valence-corrected chi connectivity index (χ0v) is 6.13. The number of ether oxygens (including phenoxy) is 1. The second-order valence-electron chi connectivity index (χ2n) is 2.64. The number of rotatable bonds is 1. The summed E-state index contributed by atoms with van der Waals surface area (Å²) in [5.41, 5.74) is 0. The SMILES string of the molecule is CCC1OC(=O)C(F)C1C. The molecule has 0 aromatic rings. The summed E-state index contributed by atoms with van der Waals surface area (Å²) < 4.78 is 17.4. The first-order valence-corrected chi connectivity index (χ1v) is 3.51. The van der Waals surface area contributed by atoms with Crippen LogP contribution in [-0.2, 0) is 9.53 Å². The summed E-state index contributed by atoms with van der Waals surface area (Å²) in [6.45, 7) is 3.58. The Balaban J connectivity index is 2.61. The molecule has 0 aliphatic carbocycles. The topological polar surface area (TPSA) is 26.3 Å².